The van der Waals surface area contributed by atoms with Crippen LogP contribution < -0.4 is 0 Å². The Balaban J connectivity index is 1.30. The van der Waals surface area contributed by atoms with Crippen molar-refractivity contribution in [2.75, 3.05) is 0 Å². The van der Waals surface area contributed by atoms with E-state index in [4.69, 9.17) is 4.43 Å². The van der Waals surface area contributed by atoms with Crippen LogP contribution in [-0.4, -0.2) is 31.3 Å². The van der Waals surface area contributed by atoms with Crippen molar-refractivity contribution in [1.29, 1.82) is 0 Å². The lowest BCUT2D eigenvalue weighted by Crippen LogP contribution is -2.52. The predicted molar refractivity (Wildman–Crippen MR) is 288 cm³/mol. The highest BCUT2D eigenvalue weighted by atomic mass is 28.4. The molecule has 1 aliphatic carbocycles. The minimum Gasteiger partial charge on any atom is -0.516 e. The van der Waals surface area contributed by atoms with Gasteiger partial charge in [-0.25, -0.2) is 0 Å². The summed E-state index contributed by atoms with van der Waals surface area (Å²) >= 11 is 0. The number of benzene rings is 9. The van der Waals surface area contributed by atoms with Gasteiger partial charge in [0.05, 0.1) is 5.92 Å². The van der Waals surface area contributed by atoms with E-state index in [9.17, 15) is 9.90 Å². The summed E-state index contributed by atoms with van der Waals surface area (Å²) in [6, 6.07) is 83.6. The maximum absolute atomic E-state index is 15.5. The Kier molecular flexibility index (Phi) is 14.0. The highest BCUT2D eigenvalue weighted by molar-refractivity contribution is 6.74. The lowest BCUT2D eigenvalue weighted by atomic mass is 9.84. The van der Waals surface area contributed by atoms with Crippen LogP contribution in [0.1, 0.15) is 42.4 Å². The zero-order valence-corrected chi connectivity index (χ0v) is 40.3. The van der Waals surface area contributed by atoms with Gasteiger partial charge in [-0.3, -0.25) is 9.59 Å². The molecular formula is C65H56O4Si. The number of aliphatic hydroxyl groups excluding tert-OH is 1. The summed E-state index contributed by atoms with van der Waals surface area (Å²) in [6.07, 6.45) is 0.713. The van der Waals surface area contributed by atoms with E-state index in [-0.39, 0.29) is 5.78 Å². The first kappa shape index (κ1) is 46.0. The molecule has 0 radical (unpaired) electrons. The molecule has 9 aromatic carbocycles. The van der Waals surface area contributed by atoms with Crippen LogP contribution in [0.2, 0.25) is 0 Å². The van der Waals surface area contributed by atoms with Crippen molar-refractivity contribution >= 4 is 20.1 Å². The summed E-state index contributed by atoms with van der Waals surface area (Å²) in [7, 11) is -3.84. The summed E-state index contributed by atoms with van der Waals surface area (Å²) < 4.78 is 7.56. The molecule has 4 nitrogen and oxygen atoms in total. The minimum absolute atomic E-state index is 0.0784. The van der Waals surface area contributed by atoms with E-state index >= 15 is 4.79 Å². The first-order valence-corrected chi connectivity index (χ1v) is 27.1. The molecule has 0 spiro atoms. The molecule has 0 bridgehead atoms. The largest absolute Gasteiger partial charge is 0.516 e. The number of aliphatic hydroxyl groups is 1. The normalized spacial score (nSPS) is 14.2. The van der Waals surface area contributed by atoms with Gasteiger partial charge in [-0.15, -0.1) is 0 Å². The third-order valence-corrected chi connectivity index (χ3v) is 17.7. The molecule has 1 aliphatic rings. The van der Waals surface area contributed by atoms with Crippen LogP contribution in [0.15, 0.2) is 237 Å². The molecule has 1 saturated carbocycles. The Morgan fingerprint density at radius 2 is 0.686 bits per heavy atom. The zero-order valence-electron chi connectivity index (χ0n) is 39.3. The van der Waals surface area contributed by atoms with Crippen LogP contribution in [0.4, 0.5) is 0 Å². The van der Waals surface area contributed by atoms with Crippen molar-refractivity contribution in [2.24, 2.45) is 5.92 Å². The van der Waals surface area contributed by atoms with Gasteiger partial charge >= 0.3 is 5.97 Å². The molecule has 1 N–H and O–H groups in total. The average molecular weight is 929 g/mol. The molecule has 70 heavy (non-hydrogen) atoms. The standard InChI is InChI=1S/C65H56O4Si/c66-63-43-20-19-36-59(63)64(67)65(68)69-70(44-60-53(47-24-7-1-8-25-47)37-21-38-54(60)48-26-9-2-10-27-48,45-61-55(49-28-11-3-12-29-49)39-22-40-56(61)50-30-13-4-14-31-50)46-62-57(51-32-15-5-16-33-51)41-23-42-58(62)52-34-17-6-18-35-52/h1-18,21-35,37-42,59,64,67H,19-20,36,43-46H2/t59-,64-/m1/s1. The van der Waals surface area contributed by atoms with E-state index in [1.165, 1.54) is 0 Å². The van der Waals surface area contributed by atoms with Crippen molar-refractivity contribution in [3.8, 4) is 66.8 Å². The second-order valence-electron chi connectivity index (χ2n) is 18.6. The van der Waals surface area contributed by atoms with Crippen molar-refractivity contribution in [3.63, 3.8) is 0 Å². The highest BCUT2D eigenvalue weighted by Crippen LogP contribution is 2.43. The summed E-state index contributed by atoms with van der Waals surface area (Å²) in [5.41, 5.74) is 15.9. The van der Waals surface area contributed by atoms with Gasteiger partial charge in [-0.1, -0.05) is 243 Å². The van der Waals surface area contributed by atoms with E-state index in [0.717, 1.165) is 96.3 Å². The number of carbonyl (C=O) groups is 2. The van der Waals surface area contributed by atoms with Gasteiger partial charge in [0.2, 0.25) is 0 Å². The molecule has 2 atom stereocenters. The number of hydrogen-bond donors (Lipinski definition) is 1. The summed E-state index contributed by atoms with van der Waals surface area (Å²) in [4.78, 5) is 29.1. The Bertz CT molecular complexity index is 2710. The van der Waals surface area contributed by atoms with Crippen LogP contribution in [0.5, 0.6) is 0 Å². The number of carbonyl (C=O) groups excluding carboxylic acids is 2. The smallest absolute Gasteiger partial charge is 0.322 e. The molecule has 0 aromatic heterocycles. The number of Topliss-reactive ketones (excluding diaryl/α,β-unsaturated/α-hetero) is 1. The first-order valence-electron chi connectivity index (χ1n) is 24.6. The van der Waals surface area contributed by atoms with E-state index in [1.807, 2.05) is 36.4 Å². The first-order chi connectivity index (χ1) is 34.4. The Morgan fingerprint density at radius 3 is 0.943 bits per heavy atom. The molecule has 5 heteroatoms. The predicted octanol–water partition coefficient (Wildman–Crippen LogP) is 14.9. The van der Waals surface area contributed by atoms with Crippen LogP contribution in [0.25, 0.3) is 66.8 Å². The van der Waals surface area contributed by atoms with Crippen LogP contribution in [0, 0.1) is 5.92 Å². The third kappa shape index (κ3) is 10.0. The Labute approximate surface area is 413 Å². The zero-order chi connectivity index (χ0) is 47.7. The number of hydrogen-bond acceptors (Lipinski definition) is 4. The second-order valence-corrected chi connectivity index (χ2v) is 22.2. The maximum atomic E-state index is 15.5. The van der Waals surface area contributed by atoms with Gasteiger partial charge < -0.3 is 9.53 Å². The summed E-state index contributed by atoms with van der Waals surface area (Å²) in [5, 5.41) is 12.3. The van der Waals surface area contributed by atoms with E-state index in [2.05, 4.69) is 200 Å². The van der Waals surface area contributed by atoms with E-state index in [0.29, 0.717) is 31.0 Å². The van der Waals surface area contributed by atoms with Crippen molar-refractivity contribution in [1.82, 2.24) is 0 Å². The monoisotopic (exact) mass is 928 g/mol. The van der Waals surface area contributed by atoms with E-state index < -0.39 is 26.3 Å². The molecule has 344 valence electrons. The van der Waals surface area contributed by atoms with Crippen molar-refractivity contribution in [3.05, 3.63) is 253 Å². The molecule has 0 aliphatic heterocycles. The Hall–Kier alpha value is -7.70. The lowest BCUT2D eigenvalue weighted by Gasteiger charge is -2.37. The van der Waals surface area contributed by atoms with Crippen molar-refractivity contribution < 1.29 is 19.1 Å². The number of ketones is 1. The van der Waals surface area contributed by atoms with Crippen LogP contribution in [-0.2, 0) is 32.1 Å². The van der Waals surface area contributed by atoms with Crippen molar-refractivity contribution in [2.45, 2.75) is 49.9 Å². The quantitative estimate of drug-likeness (QED) is 0.104. The average Bonchev–Trinajstić information content (AvgIpc) is 3.42. The molecule has 9 aromatic rings. The fourth-order valence-corrected chi connectivity index (χ4v) is 14.9. The SMILES string of the molecule is O=C1CCCC[C@H]1[C@@H](O)C(=O)O[Si](Cc1c(-c2ccccc2)cccc1-c1ccccc1)(Cc1c(-c2ccccc2)cccc1-c1ccccc1)Cc1c(-c2ccccc2)cccc1-c1ccccc1. The topological polar surface area (TPSA) is 63.6 Å². The fraction of sp³-hybridized carbons (Fsp3) is 0.138. The molecular weight excluding hydrogens is 873 g/mol. The van der Waals surface area contributed by atoms with Crippen LogP contribution in [0.3, 0.4) is 0 Å². The molecule has 0 saturated heterocycles. The third-order valence-electron chi connectivity index (χ3n) is 14.1. The minimum atomic E-state index is -3.84. The van der Waals surface area contributed by atoms with Crippen LogP contribution >= 0.6 is 0 Å². The van der Waals surface area contributed by atoms with Gasteiger partial charge in [-0.05, 0) is 96.3 Å². The fourth-order valence-electron chi connectivity index (χ4n) is 10.7. The van der Waals surface area contributed by atoms with Gasteiger partial charge in [0.15, 0.2) is 6.10 Å². The van der Waals surface area contributed by atoms with E-state index in [1.54, 1.807) is 0 Å². The Morgan fingerprint density at radius 1 is 0.414 bits per heavy atom. The summed E-state index contributed by atoms with van der Waals surface area (Å²) in [6.45, 7) is 0. The molecule has 1 fully saturated rings. The van der Waals surface area contributed by atoms with Gasteiger partial charge in [0, 0.05) is 24.6 Å². The lowest BCUT2D eigenvalue weighted by molar-refractivity contribution is -0.152. The number of rotatable bonds is 15. The molecule has 10 rings (SSSR count). The second kappa shape index (κ2) is 21.3. The molecule has 0 heterocycles. The highest BCUT2D eigenvalue weighted by Gasteiger charge is 2.46. The molecule has 0 unspecified atom stereocenters. The van der Waals surface area contributed by atoms with Gasteiger partial charge in [0.1, 0.15) is 5.78 Å². The van der Waals surface area contributed by atoms with Gasteiger partial charge in [0.25, 0.3) is 8.32 Å². The molecule has 0 amide bonds. The summed E-state index contributed by atoms with van der Waals surface area (Å²) in [5.74, 6) is -1.62. The van der Waals surface area contributed by atoms with Gasteiger partial charge in [-0.2, -0.15) is 0 Å². The maximum Gasteiger partial charge on any atom is 0.322 e.